The van der Waals surface area contributed by atoms with E-state index in [4.69, 9.17) is 4.74 Å². The van der Waals surface area contributed by atoms with Crippen LogP contribution < -0.4 is 4.74 Å². The molecule has 2 aromatic carbocycles. The van der Waals surface area contributed by atoms with Crippen molar-refractivity contribution in [3.05, 3.63) is 89.7 Å². The Hall–Kier alpha value is -2.81. The van der Waals surface area contributed by atoms with Crippen molar-refractivity contribution in [2.24, 2.45) is 0 Å². The zero-order valence-electron chi connectivity index (χ0n) is 11.5. The minimum Gasteiger partial charge on any atom is -0.489 e. The molecule has 0 radical (unpaired) electrons. The molecule has 1 heterocycles. The Labute approximate surface area is 123 Å². The lowest BCUT2D eigenvalue weighted by Gasteiger charge is -2.07. The van der Waals surface area contributed by atoms with Crippen LogP contribution >= 0.6 is 0 Å². The average Bonchev–Trinajstić information content (AvgIpc) is 3.08. The van der Waals surface area contributed by atoms with Gasteiger partial charge in [-0.3, -0.25) is 4.79 Å². The zero-order valence-corrected chi connectivity index (χ0v) is 11.5. The van der Waals surface area contributed by atoms with Crippen LogP contribution in [-0.2, 0) is 6.61 Å². The minimum atomic E-state index is -0.0189. The van der Waals surface area contributed by atoms with Crippen LogP contribution in [0.2, 0.25) is 0 Å². The first kappa shape index (κ1) is 13.2. The van der Waals surface area contributed by atoms with E-state index in [0.717, 1.165) is 11.3 Å². The molecule has 0 aliphatic heterocycles. The quantitative estimate of drug-likeness (QED) is 0.720. The summed E-state index contributed by atoms with van der Waals surface area (Å²) in [6.07, 6.45) is 1.74. The molecule has 3 aromatic rings. The Morgan fingerprint density at radius 2 is 1.67 bits per heavy atom. The topological polar surface area (TPSA) is 42.1 Å². The van der Waals surface area contributed by atoms with E-state index in [-0.39, 0.29) is 5.78 Å². The van der Waals surface area contributed by atoms with Gasteiger partial charge in [0.2, 0.25) is 5.78 Å². The number of H-pyrrole nitrogens is 1. The summed E-state index contributed by atoms with van der Waals surface area (Å²) < 4.78 is 5.70. The summed E-state index contributed by atoms with van der Waals surface area (Å²) >= 11 is 0. The second-order valence-corrected chi connectivity index (χ2v) is 4.71. The highest BCUT2D eigenvalue weighted by Crippen LogP contribution is 2.16. The van der Waals surface area contributed by atoms with E-state index in [1.807, 2.05) is 48.5 Å². The van der Waals surface area contributed by atoms with Crippen LogP contribution in [0.15, 0.2) is 72.9 Å². The number of hydrogen-bond acceptors (Lipinski definition) is 2. The number of carbonyl (C=O) groups excluding carboxylic acids is 1. The molecule has 0 saturated heterocycles. The normalized spacial score (nSPS) is 10.3. The standard InChI is InChI=1S/C18H15NO2/c20-18(17-7-4-12-19-17)15-8-10-16(11-9-15)21-13-14-5-2-1-3-6-14/h1-12,19H,13H2. The molecular formula is C18H15NO2. The lowest BCUT2D eigenvalue weighted by Crippen LogP contribution is -2.01. The smallest absolute Gasteiger partial charge is 0.209 e. The third-order valence-corrected chi connectivity index (χ3v) is 3.21. The molecule has 0 spiro atoms. The van der Waals surface area contributed by atoms with Crippen LogP contribution in [0, 0.1) is 0 Å². The molecule has 104 valence electrons. The van der Waals surface area contributed by atoms with E-state index in [2.05, 4.69) is 4.98 Å². The summed E-state index contributed by atoms with van der Waals surface area (Å²) in [5, 5.41) is 0. The third-order valence-electron chi connectivity index (χ3n) is 3.21. The Kier molecular flexibility index (Phi) is 3.83. The number of nitrogens with one attached hydrogen (secondary N) is 1. The maximum absolute atomic E-state index is 12.1. The number of ketones is 1. The molecule has 21 heavy (non-hydrogen) atoms. The van der Waals surface area contributed by atoms with Crippen LogP contribution in [0.4, 0.5) is 0 Å². The predicted octanol–water partition coefficient (Wildman–Crippen LogP) is 3.82. The van der Waals surface area contributed by atoms with Crippen LogP contribution in [-0.4, -0.2) is 10.8 Å². The molecule has 0 aliphatic carbocycles. The van der Waals surface area contributed by atoms with Gasteiger partial charge in [-0.25, -0.2) is 0 Å². The van der Waals surface area contributed by atoms with E-state index < -0.39 is 0 Å². The van der Waals surface area contributed by atoms with E-state index >= 15 is 0 Å². The first-order valence-corrected chi connectivity index (χ1v) is 6.78. The summed E-state index contributed by atoms with van der Waals surface area (Å²) in [5.41, 5.74) is 2.35. The van der Waals surface area contributed by atoms with Crippen molar-refractivity contribution >= 4 is 5.78 Å². The van der Waals surface area contributed by atoms with E-state index in [1.54, 1.807) is 24.4 Å². The lowest BCUT2D eigenvalue weighted by atomic mass is 10.1. The molecule has 0 atom stereocenters. The van der Waals surface area contributed by atoms with Crippen molar-refractivity contribution in [2.75, 3.05) is 0 Å². The van der Waals surface area contributed by atoms with Crippen LogP contribution in [0.3, 0.4) is 0 Å². The van der Waals surface area contributed by atoms with Gasteiger partial charge in [0.1, 0.15) is 12.4 Å². The highest BCUT2D eigenvalue weighted by atomic mass is 16.5. The zero-order chi connectivity index (χ0) is 14.5. The van der Waals surface area contributed by atoms with Crippen LogP contribution in [0.5, 0.6) is 5.75 Å². The molecule has 0 bridgehead atoms. The fourth-order valence-corrected chi connectivity index (χ4v) is 2.07. The number of carbonyl (C=O) groups is 1. The largest absolute Gasteiger partial charge is 0.489 e. The van der Waals surface area contributed by atoms with Crippen molar-refractivity contribution < 1.29 is 9.53 Å². The number of ether oxygens (including phenoxy) is 1. The third kappa shape index (κ3) is 3.20. The molecule has 1 N–H and O–H groups in total. The van der Waals surface area contributed by atoms with Crippen molar-refractivity contribution in [1.82, 2.24) is 4.98 Å². The Morgan fingerprint density at radius 1 is 0.905 bits per heavy atom. The maximum Gasteiger partial charge on any atom is 0.209 e. The number of benzene rings is 2. The van der Waals surface area contributed by atoms with Gasteiger partial charge in [-0.05, 0) is 42.0 Å². The van der Waals surface area contributed by atoms with Crippen molar-refractivity contribution in [3.63, 3.8) is 0 Å². The highest BCUT2D eigenvalue weighted by molar-refractivity contribution is 6.07. The first-order chi connectivity index (χ1) is 10.3. The summed E-state index contributed by atoms with van der Waals surface area (Å²) in [4.78, 5) is 15.0. The molecule has 3 rings (SSSR count). The Morgan fingerprint density at radius 3 is 2.33 bits per heavy atom. The number of hydrogen-bond donors (Lipinski definition) is 1. The Bertz CT molecular complexity index is 701. The second-order valence-electron chi connectivity index (χ2n) is 4.71. The van der Waals surface area contributed by atoms with Crippen molar-refractivity contribution in [3.8, 4) is 5.75 Å². The highest BCUT2D eigenvalue weighted by Gasteiger charge is 2.09. The first-order valence-electron chi connectivity index (χ1n) is 6.78. The van der Waals surface area contributed by atoms with Crippen LogP contribution in [0.1, 0.15) is 21.6 Å². The van der Waals surface area contributed by atoms with E-state index in [1.165, 1.54) is 0 Å². The summed E-state index contributed by atoms with van der Waals surface area (Å²) in [6, 6.07) is 20.8. The summed E-state index contributed by atoms with van der Waals surface area (Å²) in [6.45, 7) is 0.519. The molecule has 3 nitrogen and oxygen atoms in total. The number of aromatic nitrogens is 1. The van der Waals surface area contributed by atoms with Gasteiger partial charge in [0.15, 0.2) is 0 Å². The molecule has 0 saturated carbocycles. The lowest BCUT2D eigenvalue weighted by molar-refractivity contribution is 0.103. The van der Waals surface area contributed by atoms with E-state index in [0.29, 0.717) is 17.9 Å². The molecular weight excluding hydrogens is 262 g/mol. The molecule has 0 amide bonds. The molecule has 0 fully saturated rings. The predicted molar refractivity (Wildman–Crippen MR) is 81.4 cm³/mol. The number of rotatable bonds is 5. The van der Waals surface area contributed by atoms with Crippen LogP contribution in [0.25, 0.3) is 0 Å². The second kappa shape index (κ2) is 6.09. The van der Waals surface area contributed by atoms with Gasteiger partial charge in [-0.1, -0.05) is 30.3 Å². The van der Waals surface area contributed by atoms with Gasteiger partial charge in [-0.2, -0.15) is 0 Å². The fraction of sp³-hybridized carbons (Fsp3) is 0.0556. The van der Waals surface area contributed by atoms with Crippen molar-refractivity contribution in [2.45, 2.75) is 6.61 Å². The van der Waals surface area contributed by atoms with Gasteiger partial charge in [0, 0.05) is 11.8 Å². The summed E-state index contributed by atoms with van der Waals surface area (Å²) in [7, 11) is 0. The molecule has 0 unspecified atom stereocenters. The molecule has 0 aliphatic rings. The van der Waals surface area contributed by atoms with Gasteiger partial charge >= 0.3 is 0 Å². The minimum absolute atomic E-state index is 0.0189. The molecule has 3 heteroatoms. The monoisotopic (exact) mass is 277 g/mol. The van der Waals surface area contributed by atoms with E-state index in [9.17, 15) is 4.79 Å². The van der Waals surface area contributed by atoms with Gasteiger partial charge < -0.3 is 9.72 Å². The Balaban J connectivity index is 1.66. The fourth-order valence-electron chi connectivity index (χ4n) is 2.07. The SMILES string of the molecule is O=C(c1ccc(OCc2ccccc2)cc1)c1ccc[nH]1. The van der Waals surface area contributed by atoms with Gasteiger partial charge in [0.05, 0.1) is 5.69 Å². The number of aromatic amines is 1. The van der Waals surface area contributed by atoms with Gasteiger partial charge in [-0.15, -0.1) is 0 Å². The van der Waals surface area contributed by atoms with Gasteiger partial charge in [0.25, 0.3) is 0 Å². The average molecular weight is 277 g/mol. The summed E-state index contributed by atoms with van der Waals surface area (Å²) in [5.74, 6) is 0.733. The molecule has 1 aromatic heterocycles. The maximum atomic E-state index is 12.1. The van der Waals surface area contributed by atoms with Crippen molar-refractivity contribution in [1.29, 1.82) is 0 Å².